The van der Waals surface area contributed by atoms with Crippen LogP contribution in [0, 0.1) is 10.1 Å². The zero-order chi connectivity index (χ0) is 22.9. The number of hydrogen-bond acceptors (Lipinski definition) is 9. The molecule has 1 aromatic carbocycles. The van der Waals surface area contributed by atoms with E-state index in [1.54, 1.807) is 6.92 Å². The molecule has 0 amide bonds. The van der Waals surface area contributed by atoms with Crippen molar-refractivity contribution in [1.82, 2.24) is 19.4 Å². The molecule has 0 bridgehead atoms. The molecule has 1 saturated heterocycles. The molecule has 2 aliphatic heterocycles. The van der Waals surface area contributed by atoms with Gasteiger partial charge in [0.15, 0.2) is 10.6 Å². The van der Waals surface area contributed by atoms with Crippen LogP contribution in [0.5, 0.6) is 0 Å². The molecule has 1 aromatic heterocycles. The molecule has 12 nitrogen and oxygen atoms in total. The molecule has 1 fully saturated rings. The van der Waals surface area contributed by atoms with Crippen molar-refractivity contribution in [3.8, 4) is 0 Å². The molecule has 0 radical (unpaired) electrons. The number of sulfonamides is 1. The third-order valence-corrected chi connectivity index (χ3v) is 7.66. The monoisotopic (exact) mass is 464 g/mol. The molecule has 3 heterocycles. The number of carbonyl (C=O) groups excluding carboxylic acids is 1. The van der Waals surface area contributed by atoms with Crippen molar-refractivity contribution in [1.29, 1.82) is 0 Å². The van der Waals surface area contributed by atoms with Gasteiger partial charge in [-0.05, 0) is 19.4 Å². The first-order chi connectivity index (χ1) is 15.3. The number of nitrogens with zero attached hydrogens (tertiary/aromatic N) is 4. The maximum Gasteiger partial charge on any atom is 0.361 e. The number of para-hydroxylation sites is 1. The Balaban J connectivity index is 1.50. The summed E-state index contributed by atoms with van der Waals surface area (Å²) < 4.78 is 32.5. The molecular weight excluding hydrogens is 440 g/mol. The van der Waals surface area contributed by atoms with Crippen molar-refractivity contribution >= 4 is 27.4 Å². The van der Waals surface area contributed by atoms with Crippen LogP contribution in [0.2, 0.25) is 0 Å². The summed E-state index contributed by atoms with van der Waals surface area (Å²) in [6, 6.07) is 5.32. The molecule has 0 saturated carbocycles. The van der Waals surface area contributed by atoms with Gasteiger partial charge in [0, 0.05) is 38.8 Å². The lowest BCUT2D eigenvalue weighted by Gasteiger charge is -2.40. The molecule has 32 heavy (non-hydrogen) atoms. The maximum atomic E-state index is 13.1. The van der Waals surface area contributed by atoms with E-state index in [0.29, 0.717) is 25.3 Å². The highest BCUT2D eigenvalue weighted by Crippen LogP contribution is 2.36. The lowest BCUT2D eigenvalue weighted by Crippen LogP contribution is -2.50. The quantitative estimate of drug-likeness (QED) is 0.367. The number of carbonyl (C=O) groups is 1. The van der Waals surface area contributed by atoms with Crippen LogP contribution in [0.15, 0.2) is 29.2 Å². The first-order valence-electron chi connectivity index (χ1n) is 10.3. The molecule has 4 rings (SSSR count). The minimum absolute atomic E-state index is 0.0576. The standard InChI is InChI=1S/C19H24N6O6S/c1-2-31-19(26)18-17-16(21-22-18)14(7-8-20-17)23-9-11-24(12-10-23)32(29,30)15-6-4-3-5-13(15)25(27)28/h3-6,14,20H,2,7-12H2,1H3,(H,21,22)/t14-/m0/s1. The molecule has 0 unspecified atom stereocenters. The molecule has 2 N–H and O–H groups in total. The second-order valence-corrected chi connectivity index (χ2v) is 9.38. The van der Waals surface area contributed by atoms with Gasteiger partial charge in [0.2, 0.25) is 10.0 Å². The van der Waals surface area contributed by atoms with Crippen LogP contribution in [0.4, 0.5) is 11.4 Å². The highest BCUT2D eigenvalue weighted by molar-refractivity contribution is 7.89. The van der Waals surface area contributed by atoms with Gasteiger partial charge in [0.05, 0.1) is 29.0 Å². The van der Waals surface area contributed by atoms with Crippen molar-refractivity contribution < 1.29 is 22.9 Å². The van der Waals surface area contributed by atoms with Gasteiger partial charge in [-0.25, -0.2) is 13.2 Å². The Labute approximate surface area is 184 Å². The molecule has 2 aromatic rings. The van der Waals surface area contributed by atoms with Crippen LogP contribution < -0.4 is 5.32 Å². The average molecular weight is 465 g/mol. The van der Waals surface area contributed by atoms with Crippen molar-refractivity contribution in [2.75, 3.05) is 44.6 Å². The normalized spacial score (nSPS) is 19.7. The fraction of sp³-hybridized carbons (Fsp3) is 0.474. The largest absolute Gasteiger partial charge is 0.461 e. The van der Waals surface area contributed by atoms with E-state index in [0.717, 1.165) is 12.1 Å². The summed E-state index contributed by atoms with van der Waals surface area (Å²) in [5.74, 6) is -0.501. The summed E-state index contributed by atoms with van der Waals surface area (Å²) in [6.45, 7) is 3.90. The third-order valence-electron chi connectivity index (χ3n) is 5.71. The zero-order valence-corrected chi connectivity index (χ0v) is 18.3. The summed E-state index contributed by atoms with van der Waals surface area (Å²) in [5.41, 5.74) is 1.18. The Morgan fingerprint density at radius 3 is 2.69 bits per heavy atom. The fourth-order valence-corrected chi connectivity index (χ4v) is 5.77. The number of ether oxygens (including phenoxy) is 1. The summed E-state index contributed by atoms with van der Waals surface area (Å²) in [6.07, 6.45) is 0.758. The Morgan fingerprint density at radius 2 is 2.00 bits per heavy atom. The minimum Gasteiger partial charge on any atom is -0.461 e. The number of nitrogens with one attached hydrogen (secondary N) is 2. The van der Waals surface area contributed by atoms with Gasteiger partial charge in [-0.1, -0.05) is 12.1 Å². The van der Waals surface area contributed by atoms with Crippen molar-refractivity contribution in [3.05, 3.63) is 45.8 Å². The third kappa shape index (κ3) is 3.94. The number of aromatic nitrogens is 2. The van der Waals surface area contributed by atoms with Gasteiger partial charge in [-0.15, -0.1) is 0 Å². The van der Waals surface area contributed by atoms with Gasteiger partial charge in [0.1, 0.15) is 0 Å². The Hall–Kier alpha value is -3.03. The first-order valence-corrected chi connectivity index (χ1v) is 11.8. The molecule has 0 spiro atoms. The number of fused-ring (bicyclic) bond motifs is 1. The SMILES string of the molecule is CCOC(=O)c1n[nH]c2c1NCC[C@@H]2N1CCN(S(=O)(=O)c2ccccc2[N+](=O)[O-])CC1. The van der Waals surface area contributed by atoms with E-state index in [9.17, 15) is 23.3 Å². The van der Waals surface area contributed by atoms with Gasteiger partial charge >= 0.3 is 5.97 Å². The number of anilines is 1. The topological polar surface area (TPSA) is 151 Å². The van der Waals surface area contributed by atoms with Crippen molar-refractivity contribution in [2.24, 2.45) is 0 Å². The first kappa shape index (κ1) is 22.2. The van der Waals surface area contributed by atoms with Crippen LogP contribution >= 0.6 is 0 Å². The summed E-state index contributed by atoms with van der Waals surface area (Å²) in [4.78, 5) is 24.6. The zero-order valence-electron chi connectivity index (χ0n) is 17.5. The summed E-state index contributed by atoms with van der Waals surface area (Å²) >= 11 is 0. The molecule has 172 valence electrons. The fourth-order valence-electron chi connectivity index (χ4n) is 4.19. The molecule has 2 aliphatic rings. The van der Waals surface area contributed by atoms with Gasteiger partial charge in [-0.3, -0.25) is 20.1 Å². The average Bonchev–Trinajstić information content (AvgIpc) is 3.24. The van der Waals surface area contributed by atoms with E-state index in [2.05, 4.69) is 20.4 Å². The van der Waals surface area contributed by atoms with Crippen molar-refractivity contribution in [3.63, 3.8) is 0 Å². The number of aromatic amines is 1. The van der Waals surface area contributed by atoms with Crippen molar-refractivity contribution in [2.45, 2.75) is 24.3 Å². The number of benzene rings is 1. The molecule has 1 atom stereocenters. The minimum atomic E-state index is -3.99. The van der Waals surface area contributed by atoms with Gasteiger partial charge < -0.3 is 10.1 Å². The maximum absolute atomic E-state index is 13.1. The molecule has 13 heteroatoms. The predicted molar refractivity (Wildman–Crippen MR) is 114 cm³/mol. The second-order valence-electron chi connectivity index (χ2n) is 7.48. The van der Waals surface area contributed by atoms with E-state index in [1.165, 1.54) is 28.6 Å². The highest BCUT2D eigenvalue weighted by Gasteiger charge is 2.37. The Kier molecular flexibility index (Phi) is 6.13. The number of H-pyrrole nitrogens is 1. The number of piperazine rings is 1. The number of esters is 1. The van der Waals surface area contributed by atoms with Crippen LogP contribution in [0.1, 0.15) is 35.6 Å². The van der Waals surface area contributed by atoms with E-state index in [-0.39, 0.29) is 36.3 Å². The van der Waals surface area contributed by atoms with Gasteiger partial charge in [-0.2, -0.15) is 9.40 Å². The second kappa shape index (κ2) is 8.84. The van der Waals surface area contributed by atoms with E-state index in [4.69, 9.17) is 4.74 Å². The van der Waals surface area contributed by atoms with Crippen LogP contribution in [-0.4, -0.2) is 78.0 Å². The smallest absolute Gasteiger partial charge is 0.361 e. The number of hydrogen-bond donors (Lipinski definition) is 2. The number of rotatable bonds is 6. The van der Waals surface area contributed by atoms with Crippen LogP contribution in [0.3, 0.4) is 0 Å². The number of nitro groups is 1. The molecule has 0 aliphatic carbocycles. The number of nitro benzene ring substituents is 1. The lowest BCUT2D eigenvalue weighted by atomic mass is 10.0. The summed E-state index contributed by atoms with van der Waals surface area (Å²) in [7, 11) is -3.99. The van der Waals surface area contributed by atoms with Crippen LogP contribution in [-0.2, 0) is 14.8 Å². The Morgan fingerprint density at radius 1 is 1.28 bits per heavy atom. The predicted octanol–water partition coefficient (Wildman–Crippen LogP) is 1.36. The van der Waals surface area contributed by atoms with E-state index >= 15 is 0 Å². The summed E-state index contributed by atoms with van der Waals surface area (Å²) in [5, 5.41) is 21.5. The van der Waals surface area contributed by atoms with E-state index < -0.39 is 26.6 Å². The Bertz CT molecular complexity index is 1130. The van der Waals surface area contributed by atoms with Gasteiger partial charge in [0.25, 0.3) is 5.69 Å². The lowest BCUT2D eigenvalue weighted by molar-refractivity contribution is -0.387. The highest BCUT2D eigenvalue weighted by atomic mass is 32.2. The van der Waals surface area contributed by atoms with E-state index in [1.807, 2.05) is 0 Å². The molecular formula is C19H24N6O6S. The van der Waals surface area contributed by atoms with Crippen LogP contribution in [0.25, 0.3) is 0 Å².